The van der Waals surface area contributed by atoms with Gasteiger partial charge in [0, 0.05) is 5.56 Å². The molecule has 1 aliphatic rings. The van der Waals surface area contributed by atoms with Crippen molar-refractivity contribution in [3.63, 3.8) is 0 Å². The van der Waals surface area contributed by atoms with Crippen molar-refractivity contribution in [2.45, 2.75) is 6.61 Å². The Kier molecular flexibility index (Phi) is 5.46. The van der Waals surface area contributed by atoms with Crippen molar-refractivity contribution in [2.75, 3.05) is 0 Å². The molecule has 1 fully saturated rings. The maximum absolute atomic E-state index is 11.8. The number of thioether (sulfide) groups is 1. The van der Waals surface area contributed by atoms with Crippen LogP contribution in [0.3, 0.4) is 0 Å². The van der Waals surface area contributed by atoms with E-state index in [0.29, 0.717) is 31.6 Å². The van der Waals surface area contributed by atoms with Gasteiger partial charge in [0.05, 0.1) is 15.0 Å². The monoisotopic (exact) mass is 395 g/mol. The van der Waals surface area contributed by atoms with Gasteiger partial charge in [0.15, 0.2) is 0 Å². The first-order valence-corrected chi connectivity index (χ1v) is 8.91. The van der Waals surface area contributed by atoms with Crippen LogP contribution in [0.15, 0.2) is 47.4 Å². The van der Waals surface area contributed by atoms with E-state index in [-0.39, 0.29) is 5.91 Å². The van der Waals surface area contributed by atoms with Gasteiger partial charge in [-0.1, -0.05) is 71.4 Å². The first-order chi connectivity index (χ1) is 11.5. The van der Waals surface area contributed by atoms with Crippen LogP contribution >= 0.6 is 47.2 Å². The van der Waals surface area contributed by atoms with Gasteiger partial charge in [-0.3, -0.25) is 4.79 Å². The zero-order valence-electron chi connectivity index (χ0n) is 12.2. The van der Waals surface area contributed by atoms with Crippen molar-refractivity contribution in [1.82, 2.24) is 5.32 Å². The third kappa shape index (κ3) is 4.11. The molecule has 0 spiro atoms. The minimum atomic E-state index is -0.190. The lowest BCUT2D eigenvalue weighted by Gasteiger charge is -2.10. The SMILES string of the molecule is O=C1NC(=S)SC1=Cc1ccccc1OCc1ccc(Cl)c(Cl)c1. The standard InChI is InChI=1S/C17H11Cl2NO2S2/c18-12-6-5-10(7-13(12)19)9-22-14-4-2-1-3-11(14)8-15-16(21)20-17(23)24-15/h1-8H,9H2,(H,20,21,23). The minimum absolute atomic E-state index is 0.190. The smallest absolute Gasteiger partial charge is 0.263 e. The molecule has 0 aromatic heterocycles. The molecule has 24 heavy (non-hydrogen) atoms. The fourth-order valence-corrected chi connectivity index (χ4v) is 3.44. The maximum atomic E-state index is 11.8. The largest absolute Gasteiger partial charge is 0.488 e. The number of benzene rings is 2. The number of halogens is 2. The molecule has 2 aromatic rings. The molecular formula is C17H11Cl2NO2S2. The van der Waals surface area contributed by atoms with Gasteiger partial charge in [-0.25, -0.2) is 0 Å². The Morgan fingerprint density at radius 2 is 1.96 bits per heavy atom. The Bertz CT molecular complexity index is 852. The molecule has 0 saturated carbocycles. The molecule has 1 N–H and O–H groups in total. The lowest BCUT2D eigenvalue weighted by atomic mass is 10.2. The maximum Gasteiger partial charge on any atom is 0.263 e. The van der Waals surface area contributed by atoms with Gasteiger partial charge < -0.3 is 10.1 Å². The number of hydrogen-bond donors (Lipinski definition) is 1. The molecule has 122 valence electrons. The number of thiocarbonyl (C=S) groups is 1. The van der Waals surface area contributed by atoms with Crippen LogP contribution in [-0.2, 0) is 11.4 Å². The van der Waals surface area contributed by atoms with Crippen LogP contribution in [0, 0.1) is 0 Å². The highest BCUT2D eigenvalue weighted by molar-refractivity contribution is 8.26. The highest BCUT2D eigenvalue weighted by Gasteiger charge is 2.22. The lowest BCUT2D eigenvalue weighted by molar-refractivity contribution is -0.115. The van der Waals surface area contributed by atoms with E-state index in [9.17, 15) is 4.79 Å². The molecule has 2 aromatic carbocycles. The van der Waals surface area contributed by atoms with E-state index >= 15 is 0 Å². The van der Waals surface area contributed by atoms with E-state index in [1.54, 1.807) is 18.2 Å². The molecule has 0 unspecified atom stereocenters. The van der Waals surface area contributed by atoms with E-state index in [2.05, 4.69) is 5.32 Å². The van der Waals surface area contributed by atoms with Crippen molar-refractivity contribution in [3.8, 4) is 5.75 Å². The zero-order chi connectivity index (χ0) is 17.1. The van der Waals surface area contributed by atoms with Gasteiger partial charge in [0.1, 0.15) is 16.7 Å². The fourth-order valence-electron chi connectivity index (χ4n) is 2.08. The summed E-state index contributed by atoms with van der Waals surface area (Å²) < 4.78 is 6.33. The Hall–Kier alpha value is -1.53. The molecule has 3 nitrogen and oxygen atoms in total. The number of rotatable bonds is 4. The summed E-state index contributed by atoms with van der Waals surface area (Å²) in [5.74, 6) is 0.478. The van der Waals surface area contributed by atoms with E-state index in [1.807, 2.05) is 30.3 Å². The Balaban J connectivity index is 1.79. The van der Waals surface area contributed by atoms with Crippen LogP contribution in [0.1, 0.15) is 11.1 Å². The van der Waals surface area contributed by atoms with Crippen molar-refractivity contribution in [2.24, 2.45) is 0 Å². The van der Waals surface area contributed by atoms with Crippen LogP contribution in [-0.4, -0.2) is 10.2 Å². The van der Waals surface area contributed by atoms with Crippen molar-refractivity contribution in [1.29, 1.82) is 0 Å². The summed E-state index contributed by atoms with van der Waals surface area (Å²) in [7, 11) is 0. The summed E-state index contributed by atoms with van der Waals surface area (Å²) in [6.45, 7) is 0.342. The molecule has 1 amide bonds. The van der Waals surface area contributed by atoms with E-state index in [0.717, 1.165) is 11.1 Å². The average Bonchev–Trinajstić information content (AvgIpc) is 2.87. The zero-order valence-corrected chi connectivity index (χ0v) is 15.4. The normalized spacial score (nSPS) is 15.7. The van der Waals surface area contributed by atoms with Crippen LogP contribution in [0.25, 0.3) is 6.08 Å². The summed E-state index contributed by atoms with van der Waals surface area (Å²) in [6, 6.07) is 12.8. The topological polar surface area (TPSA) is 38.3 Å². The van der Waals surface area contributed by atoms with Crippen molar-refractivity contribution in [3.05, 3.63) is 68.5 Å². The minimum Gasteiger partial charge on any atom is -0.488 e. The number of nitrogens with one attached hydrogen (secondary N) is 1. The highest BCUT2D eigenvalue weighted by atomic mass is 35.5. The Morgan fingerprint density at radius 1 is 1.17 bits per heavy atom. The molecular weight excluding hydrogens is 385 g/mol. The van der Waals surface area contributed by atoms with Crippen molar-refractivity contribution >= 4 is 63.5 Å². The molecule has 0 aliphatic carbocycles. The van der Waals surface area contributed by atoms with Gasteiger partial charge in [0.25, 0.3) is 5.91 Å². The molecule has 0 atom stereocenters. The van der Waals surface area contributed by atoms with Gasteiger partial charge in [-0.2, -0.15) is 0 Å². The number of carbonyl (C=O) groups excluding carboxylic acids is 1. The first kappa shape index (κ1) is 17.3. The number of para-hydroxylation sites is 1. The molecule has 3 rings (SSSR count). The van der Waals surface area contributed by atoms with Crippen LogP contribution in [0.5, 0.6) is 5.75 Å². The van der Waals surface area contributed by atoms with E-state index in [1.165, 1.54) is 11.8 Å². The second kappa shape index (κ2) is 7.57. The highest BCUT2D eigenvalue weighted by Crippen LogP contribution is 2.30. The fraction of sp³-hybridized carbons (Fsp3) is 0.0588. The third-order valence-corrected chi connectivity index (χ3v) is 5.13. The number of hydrogen-bond acceptors (Lipinski definition) is 4. The average molecular weight is 396 g/mol. The van der Waals surface area contributed by atoms with Gasteiger partial charge >= 0.3 is 0 Å². The van der Waals surface area contributed by atoms with Gasteiger partial charge in [-0.05, 0) is 29.8 Å². The summed E-state index contributed by atoms with van der Waals surface area (Å²) >= 11 is 18.2. The molecule has 1 heterocycles. The molecule has 1 aliphatic heterocycles. The number of amides is 1. The van der Waals surface area contributed by atoms with Crippen LogP contribution < -0.4 is 10.1 Å². The summed E-state index contributed by atoms with van der Waals surface area (Å²) in [4.78, 5) is 12.3. The molecule has 0 bridgehead atoms. The number of carbonyl (C=O) groups is 1. The van der Waals surface area contributed by atoms with Gasteiger partial charge in [0.2, 0.25) is 0 Å². The van der Waals surface area contributed by atoms with Crippen LogP contribution in [0.4, 0.5) is 0 Å². The third-order valence-electron chi connectivity index (χ3n) is 3.23. The second-order valence-electron chi connectivity index (χ2n) is 4.93. The summed E-state index contributed by atoms with van der Waals surface area (Å²) in [5.41, 5.74) is 1.71. The quantitative estimate of drug-likeness (QED) is 0.579. The predicted octanol–water partition coefficient (Wildman–Crippen LogP) is 5.06. The summed E-state index contributed by atoms with van der Waals surface area (Å²) in [6.07, 6.45) is 1.77. The molecule has 7 heteroatoms. The second-order valence-corrected chi connectivity index (χ2v) is 7.46. The molecule has 0 radical (unpaired) electrons. The Labute approximate surface area is 159 Å². The van der Waals surface area contributed by atoms with E-state index < -0.39 is 0 Å². The van der Waals surface area contributed by atoms with Gasteiger partial charge in [-0.15, -0.1) is 0 Å². The predicted molar refractivity (Wildman–Crippen MR) is 104 cm³/mol. The number of ether oxygens (including phenoxy) is 1. The molecule has 1 saturated heterocycles. The van der Waals surface area contributed by atoms with Crippen molar-refractivity contribution < 1.29 is 9.53 Å². The summed E-state index contributed by atoms with van der Waals surface area (Å²) in [5, 5.41) is 3.59. The lowest BCUT2D eigenvalue weighted by Crippen LogP contribution is -2.17. The first-order valence-electron chi connectivity index (χ1n) is 6.93. The Morgan fingerprint density at radius 3 is 2.67 bits per heavy atom. The van der Waals surface area contributed by atoms with Crippen LogP contribution in [0.2, 0.25) is 10.0 Å². The van der Waals surface area contributed by atoms with E-state index in [4.69, 9.17) is 40.2 Å².